The van der Waals surface area contributed by atoms with Gasteiger partial charge >= 0.3 is 5.97 Å². The largest absolute Gasteiger partial charge is 0.469 e. The Hall–Kier alpha value is -3.06. The number of tetrazole rings is 1. The first-order chi connectivity index (χ1) is 16.6. The molecule has 4 rings (SSSR count). The van der Waals surface area contributed by atoms with Crippen molar-refractivity contribution in [3.8, 4) is 0 Å². The fourth-order valence-electron chi connectivity index (χ4n) is 4.04. The number of esters is 1. The van der Waals surface area contributed by atoms with Crippen LogP contribution in [-0.4, -0.2) is 100 Å². The predicted molar refractivity (Wildman–Crippen MR) is 126 cm³/mol. The number of hydrogen-bond acceptors (Lipinski definition) is 12. The van der Waals surface area contributed by atoms with Crippen molar-refractivity contribution in [3.05, 3.63) is 11.9 Å². The zero-order valence-corrected chi connectivity index (χ0v) is 19.9. The summed E-state index contributed by atoms with van der Waals surface area (Å²) in [6.07, 6.45) is 2.38. The molecule has 2 aliphatic heterocycles. The van der Waals surface area contributed by atoms with Gasteiger partial charge in [0.1, 0.15) is 11.6 Å². The summed E-state index contributed by atoms with van der Waals surface area (Å²) >= 11 is 0. The summed E-state index contributed by atoms with van der Waals surface area (Å²) < 4.78 is 10.2. The van der Waals surface area contributed by atoms with Gasteiger partial charge in [0.25, 0.3) is 0 Å². The topological polar surface area (TPSA) is 135 Å². The lowest BCUT2D eigenvalue weighted by molar-refractivity contribution is -0.141. The van der Waals surface area contributed by atoms with Gasteiger partial charge in [-0.1, -0.05) is 0 Å². The van der Waals surface area contributed by atoms with Gasteiger partial charge in [0.05, 0.1) is 39.8 Å². The van der Waals surface area contributed by atoms with Crippen LogP contribution in [0.3, 0.4) is 0 Å². The first-order valence-electron chi connectivity index (χ1n) is 11.9. The molecule has 2 N–H and O–H groups in total. The molecule has 13 nitrogen and oxygen atoms in total. The molecule has 0 aromatic carbocycles. The second-order valence-corrected chi connectivity index (χ2v) is 8.37. The molecule has 186 valence electrons. The first kappa shape index (κ1) is 24.1. The maximum atomic E-state index is 11.4. The summed E-state index contributed by atoms with van der Waals surface area (Å²) in [6, 6.07) is 2.31. The van der Waals surface area contributed by atoms with E-state index >= 15 is 0 Å². The number of aromatic nitrogens is 6. The van der Waals surface area contributed by atoms with E-state index in [0.717, 1.165) is 57.2 Å². The maximum absolute atomic E-state index is 11.4. The Balaban J connectivity index is 1.39. The molecule has 34 heavy (non-hydrogen) atoms. The number of hydrogen-bond donors (Lipinski definition) is 2. The molecule has 0 spiro atoms. The molecule has 0 atom stereocenters. The minimum atomic E-state index is -0.163. The van der Waals surface area contributed by atoms with Crippen LogP contribution < -0.4 is 15.5 Å². The number of methoxy groups -OCH3 is 1. The molecule has 4 heterocycles. The van der Waals surface area contributed by atoms with Crippen LogP contribution in [0.25, 0.3) is 0 Å². The highest BCUT2D eigenvalue weighted by Gasteiger charge is 2.21. The molecule has 2 saturated heterocycles. The molecule has 0 aliphatic carbocycles. The van der Waals surface area contributed by atoms with Crippen molar-refractivity contribution in [2.24, 2.45) is 0 Å². The predicted octanol–water partition coefficient (Wildman–Crippen LogP) is 0.371. The van der Waals surface area contributed by atoms with Crippen molar-refractivity contribution < 1.29 is 14.3 Å². The molecule has 0 unspecified atom stereocenters. The maximum Gasteiger partial charge on any atom is 0.306 e. The Kier molecular flexibility index (Phi) is 8.41. The average molecular weight is 475 g/mol. The number of rotatable bonds is 10. The minimum absolute atomic E-state index is 0.163. The first-order valence-corrected chi connectivity index (χ1v) is 11.9. The number of carbonyl (C=O) groups excluding carboxylic acids is 1. The summed E-state index contributed by atoms with van der Waals surface area (Å²) in [6.45, 7) is 8.58. The molecule has 2 aromatic rings. The monoisotopic (exact) mass is 474 g/mol. The highest BCUT2D eigenvalue weighted by molar-refractivity contribution is 5.69. The van der Waals surface area contributed by atoms with Crippen LogP contribution in [0.1, 0.15) is 32.0 Å². The standard InChI is InChI=1S/C21H34N10O3/c1-3-31-27-18(26-28-31)15-22-21-24-17(14-19(25-21)30-10-12-34-13-11-30)23-16-4-7-29(8-5-16)9-6-20(32)33-2/h14,16H,3-13,15H2,1-2H3,(H2,22,23,24,25). The second-order valence-electron chi connectivity index (χ2n) is 8.37. The fraction of sp³-hybridized carbons (Fsp3) is 0.714. The van der Waals surface area contributed by atoms with E-state index in [1.807, 2.05) is 13.0 Å². The van der Waals surface area contributed by atoms with E-state index < -0.39 is 0 Å². The van der Waals surface area contributed by atoms with Crippen LogP contribution in [0.5, 0.6) is 0 Å². The molecule has 13 heteroatoms. The lowest BCUT2D eigenvalue weighted by atomic mass is 10.0. The summed E-state index contributed by atoms with van der Waals surface area (Å²) in [4.78, 5) is 26.9. The minimum Gasteiger partial charge on any atom is -0.469 e. The van der Waals surface area contributed by atoms with Gasteiger partial charge in [-0.15, -0.1) is 10.2 Å². The zero-order valence-electron chi connectivity index (χ0n) is 19.9. The van der Waals surface area contributed by atoms with Gasteiger partial charge in [0, 0.05) is 44.8 Å². The second kappa shape index (κ2) is 11.9. The molecular weight excluding hydrogens is 440 g/mol. The number of ether oxygens (including phenoxy) is 2. The number of piperidine rings is 1. The van der Waals surface area contributed by atoms with Crippen molar-refractivity contribution in [2.75, 3.05) is 68.6 Å². The Bertz CT molecular complexity index is 925. The van der Waals surface area contributed by atoms with Crippen LogP contribution in [0.2, 0.25) is 0 Å². The summed E-state index contributed by atoms with van der Waals surface area (Å²) in [5, 5.41) is 19.2. The van der Waals surface area contributed by atoms with E-state index in [2.05, 4.69) is 35.8 Å². The Labute approximate surface area is 199 Å². The molecule has 0 radical (unpaired) electrons. The van der Waals surface area contributed by atoms with E-state index in [4.69, 9.17) is 19.4 Å². The number of morpholine rings is 1. The van der Waals surface area contributed by atoms with Gasteiger partial charge in [0.2, 0.25) is 5.95 Å². The molecule has 2 fully saturated rings. The fourth-order valence-corrected chi connectivity index (χ4v) is 4.04. The van der Waals surface area contributed by atoms with E-state index in [1.165, 1.54) is 7.11 Å². The number of aryl methyl sites for hydroxylation is 1. The quantitative estimate of drug-likeness (QED) is 0.461. The van der Waals surface area contributed by atoms with Crippen molar-refractivity contribution in [1.29, 1.82) is 0 Å². The van der Waals surface area contributed by atoms with E-state index in [1.54, 1.807) is 4.80 Å². The lowest BCUT2D eigenvalue weighted by Gasteiger charge is -2.33. The van der Waals surface area contributed by atoms with Gasteiger partial charge in [-0.25, -0.2) is 0 Å². The number of likely N-dealkylation sites (tertiary alicyclic amines) is 1. The average Bonchev–Trinajstić information content (AvgIpc) is 3.35. The Morgan fingerprint density at radius 3 is 2.71 bits per heavy atom. The van der Waals surface area contributed by atoms with E-state index in [0.29, 0.717) is 50.5 Å². The van der Waals surface area contributed by atoms with Gasteiger partial charge < -0.3 is 29.9 Å². The van der Waals surface area contributed by atoms with Gasteiger partial charge in [-0.2, -0.15) is 14.8 Å². The highest BCUT2D eigenvalue weighted by atomic mass is 16.5. The number of nitrogens with one attached hydrogen (secondary N) is 2. The van der Waals surface area contributed by atoms with Gasteiger partial charge in [0.15, 0.2) is 5.82 Å². The third kappa shape index (κ3) is 6.73. The normalized spacial score (nSPS) is 17.5. The SMILES string of the molecule is CCn1nnc(CNc2nc(NC3CCN(CCC(=O)OC)CC3)cc(N3CCOCC3)n2)n1. The van der Waals surface area contributed by atoms with Crippen molar-refractivity contribution in [3.63, 3.8) is 0 Å². The number of nitrogens with zero attached hydrogens (tertiary/aromatic N) is 8. The van der Waals surface area contributed by atoms with Crippen molar-refractivity contribution in [1.82, 2.24) is 35.1 Å². The molecule has 0 saturated carbocycles. The van der Waals surface area contributed by atoms with Gasteiger partial charge in [-0.05, 0) is 25.0 Å². The van der Waals surface area contributed by atoms with Crippen LogP contribution in [-0.2, 0) is 27.4 Å². The van der Waals surface area contributed by atoms with Crippen LogP contribution in [0.15, 0.2) is 6.07 Å². The molecule has 2 aliphatic rings. The number of anilines is 3. The smallest absolute Gasteiger partial charge is 0.306 e. The Morgan fingerprint density at radius 2 is 2.00 bits per heavy atom. The van der Waals surface area contributed by atoms with Crippen LogP contribution in [0, 0.1) is 0 Å². The zero-order chi connectivity index (χ0) is 23.8. The van der Waals surface area contributed by atoms with E-state index in [-0.39, 0.29) is 5.97 Å². The molecule has 2 aromatic heterocycles. The summed E-state index contributed by atoms with van der Waals surface area (Å²) in [7, 11) is 1.43. The highest BCUT2D eigenvalue weighted by Crippen LogP contribution is 2.22. The molecule has 0 bridgehead atoms. The molecular formula is C21H34N10O3. The third-order valence-electron chi connectivity index (χ3n) is 6.03. The lowest BCUT2D eigenvalue weighted by Crippen LogP contribution is -2.40. The van der Waals surface area contributed by atoms with Gasteiger partial charge in [-0.3, -0.25) is 4.79 Å². The van der Waals surface area contributed by atoms with Crippen LogP contribution >= 0.6 is 0 Å². The summed E-state index contributed by atoms with van der Waals surface area (Å²) in [5.41, 5.74) is 0. The van der Waals surface area contributed by atoms with Crippen molar-refractivity contribution >= 4 is 23.6 Å². The van der Waals surface area contributed by atoms with Crippen LogP contribution in [0.4, 0.5) is 17.6 Å². The number of carbonyl (C=O) groups is 1. The summed E-state index contributed by atoms with van der Waals surface area (Å²) in [5.74, 6) is 2.61. The third-order valence-corrected chi connectivity index (χ3v) is 6.03. The van der Waals surface area contributed by atoms with Crippen molar-refractivity contribution in [2.45, 2.75) is 45.3 Å². The molecule has 0 amide bonds. The van der Waals surface area contributed by atoms with E-state index in [9.17, 15) is 4.79 Å². The Morgan fingerprint density at radius 1 is 1.21 bits per heavy atom.